The van der Waals surface area contributed by atoms with Gasteiger partial charge in [0.2, 0.25) is 0 Å². The van der Waals surface area contributed by atoms with Crippen molar-refractivity contribution < 1.29 is 14.6 Å². The predicted molar refractivity (Wildman–Crippen MR) is 78.1 cm³/mol. The lowest BCUT2D eigenvalue weighted by Crippen LogP contribution is -2.37. The Morgan fingerprint density at radius 3 is 2.70 bits per heavy atom. The van der Waals surface area contributed by atoms with E-state index in [-0.39, 0.29) is 5.92 Å². The number of carboxylic acid groups (broad SMARTS) is 1. The van der Waals surface area contributed by atoms with Crippen molar-refractivity contribution in [2.75, 3.05) is 26.2 Å². The molecule has 4 nitrogen and oxygen atoms in total. The van der Waals surface area contributed by atoms with Gasteiger partial charge in [0.05, 0.1) is 12.5 Å². The Hall–Kier alpha value is -1.55. The Morgan fingerprint density at radius 2 is 2.05 bits per heavy atom. The molecule has 1 aliphatic rings. The second-order valence-electron chi connectivity index (χ2n) is 5.24. The van der Waals surface area contributed by atoms with Gasteiger partial charge in [-0.1, -0.05) is 18.2 Å². The van der Waals surface area contributed by atoms with Crippen LogP contribution in [-0.4, -0.2) is 42.2 Å². The first-order valence-electron chi connectivity index (χ1n) is 7.36. The molecule has 1 aliphatic heterocycles. The first-order chi connectivity index (χ1) is 9.70. The molecule has 1 aromatic rings. The van der Waals surface area contributed by atoms with E-state index in [0.717, 1.165) is 44.6 Å². The van der Waals surface area contributed by atoms with Crippen LogP contribution in [0.4, 0.5) is 0 Å². The Kier molecular flexibility index (Phi) is 5.41. The fourth-order valence-electron chi connectivity index (χ4n) is 2.69. The molecule has 0 aliphatic carbocycles. The number of benzene rings is 1. The standard InChI is InChI=1S/C16H23NO3/c1-2-20-15-6-4-3-5-13(15)7-10-17-11-8-14(9-12-17)16(18)19/h3-6,14H,2,7-12H2,1H3,(H,18,19). The number of para-hydroxylation sites is 1. The van der Waals surface area contributed by atoms with Gasteiger partial charge in [-0.25, -0.2) is 0 Å². The third-order valence-electron chi connectivity index (χ3n) is 3.91. The Morgan fingerprint density at radius 1 is 1.35 bits per heavy atom. The van der Waals surface area contributed by atoms with E-state index in [1.54, 1.807) is 0 Å². The van der Waals surface area contributed by atoms with E-state index in [4.69, 9.17) is 9.84 Å². The molecule has 2 rings (SSSR count). The van der Waals surface area contributed by atoms with Gasteiger partial charge in [0.25, 0.3) is 0 Å². The number of aliphatic carboxylic acids is 1. The third kappa shape index (κ3) is 3.97. The average molecular weight is 277 g/mol. The molecule has 1 heterocycles. The van der Waals surface area contributed by atoms with E-state index in [9.17, 15) is 4.79 Å². The van der Waals surface area contributed by atoms with Gasteiger partial charge in [-0.3, -0.25) is 4.79 Å². The second kappa shape index (κ2) is 7.29. The molecule has 0 atom stereocenters. The van der Waals surface area contributed by atoms with Crippen molar-refractivity contribution in [1.82, 2.24) is 4.90 Å². The fourth-order valence-corrected chi connectivity index (χ4v) is 2.69. The molecule has 1 saturated heterocycles. The monoisotopic (exact) mass is 277 g/mol. The maximum absolute atomic E-state index is 10.9. The molecule has 110 valence electrons. The highest BCUT2D eigenvalue weighted by atomic mass is 16.5. The minimum absolute atomic E-state index is 0.151. The second-order valence-corrected chi connectivity index (χ2v) is 5.24. The summed E-state index contributed by atoms with van der Waals surface area (Å²) in [6, 6.07) is 8.14. The van der Waals surface area contributed by atoms with E-state index in [2.05, 4.69) is 11.0 Å². The van der Waals surface area contributed by atoms with Crippen molar-refractivity contribution in [1.29, 1.82) is 0 Å². The summed E-state index contributed by atoms with van der Waals surface area (Å²) in [5.74, 6) is 0.170. The van der Waals surface area contributed by atoms with Crippen LogP contribution >= 0.6 is 0 Å². The minimum Gasteiger partial charge on any atom is -0.494 e. The lowest BCUT2D eigenvalue weighted by molar-refractivity contribution is -0.143. The first kappa shape index (κ1) is 14.9. The highest BCUT2D eigenvalue weighted by Crippen LogP contribution is 2.21. The maximum atomic E-state index is 10.9. The SMILES string of the molecule is CCOc1ccccc1CCN1CCC(C(=O)O)CC1. The number of rotatable bonds is 6. The lowest BCUT2D eigenvalue weighted by atomic mass is 9.97. The van der Waals surface area contributed by atoms with Crippen molar-refractivity contribution in [2.45, 2.75) is 26.2 Å². The number of carboxylic acids is 1. The summed E-state index contributed by atoms with van der Waals surface area (Å²) in [7, 11) is 0. The number of hydrogen-bond donors (Lipinski definition) is 1. The van der Waals surface area contributed by atoms with Gasteiger partial charge in [-0.15, -0.1) is 0 Å². The van der Waals surface area contributed by atoms with Gasteiger partial charge in [0, 0.05) is 6.54 Å². The average Bonchev–Trinajstić information content (AvgIpc) is 2.47. The Bertz CT molecular complexity index is 439. The number of hydrogen-bond acceptors (Lipinski definition) is 3. The van der Waals surface area contributed by atoms with E-state index >= 15 is 0 Å². The Labute approximate surface area is 120 Å². The summed E-state index contributed by atoms with van der Waals surface area (Å²) in [5, 5.41) is 8.99. The molecule has 1 fully saturated rings. The van der Waals surface area contributed by atoms with E-state index in [0.29, 0.717) is 6.61 Å². The van der Waals surface area contributed by atoms with Crippen LogP contribution in [0.5, 0.6) is 5.75 Å². The minimum atomic E-state index is -0.647. The van der Waals surface area contributed by atoms with Crippen molar-refractivity contribution in [2.24, 2.45) is 5.92 Å². The van der Waals surface area contributed by atoms with Crippen LogP contribution in [0.15, 0.2) is 24.3 Å². The summed E-state index contributed by atoms with van der Waals surface area (Å²) in [6.07, 6.45) is 2.48. The van der Waals surface area contributed by atoms with Crippen LogP contribution in [0.25, 0.3) is 0 Å². The predicted octanol–water partition coefficient (Wildman–Crippen LogP) is 2.42. The number of piperidine rings is 1. The van der Waals surface area contributed by atoms with Crippen LogP contribution in [0.2, 0.25) is 0 Å². The van der Waals surface area contributed by atoms with Crippen LogP contribution in [0.3, 0.4) is 0 Å². The highest BCUT2D eigenvalue weighted by Gasteiger charge is 2.24. The summed E-state index contributed by atoms with van der Waals surface area (Å²) in [5.41, 5.74) is 1.23. The Balaban J connectivity index is 1.83. The number of carbonyl (C=O) groups is 1. The third-order valence-corrected chi connectivity index (χ3v) is 3.91. The fraction of sp³-hybridized carbons (Fsp3) is 0.562. The molecular weight excluding hydrogens is 254 g/mol. The number of nitrogens with zero attached hydrogens (tertiary/aromatic N) is 1. The molecule has 4 heteroatoms. The normalized spacial score (nSPS) is 17.1. The molecule has 1 aromatic carbocycles. The van der Waals surface area contributed by atoms with E-state index in [1.165, 1.54) is 5.56 Å². The summed E-state index contributed by atoms with van der Waals surface area (Å²) >= 11 is 0. The van der Waals surface area contributed by atoms with Crippen molar-refractivity contribution in [3.63, 3.8) is 0 Å². The number of likely N-dealkylation sites (tertiary alicyclic amines) is 1. The zero-order chi connectivity index (χ0) is 14.4. The topological polar surface area (TPSA) is 49.8 Å². The lowest BCUT2D eigenvalue weighted by Gasteiger charge is -2.30. The van der Waals surface area contributed by atoms with Gasteiger partial charge < -0.3 is 14.7 Å². The summed E-state index contributed by atoms with van der Waals surface area (Å²) < 4.78 is 5.63. The zero-order valence-corrected chi connectivity index (χ0v) is 12.0. The van der Waals surface area contributed by atoms with Gasteiger partial charge in [0.1, 0.15) is 5.75 Å². The van der Waals surface area contributed by atoms with Crippen LogP contribution in [-0.2, 0) is 11.2 Å². The molecule has 0 unspecified atom stereocenters. The highest BCUT2D eigenvalue weighted by molar-refractivity contribution is 5.70. The van der Waals surface area contributed by atoms with Crippen molar-refractivity contribution >= 4 is 5.97 Å². The molecule has 0 amide bonds. The van der Waals surface area contributed by atoms with Gasteiger partial charge in [-0.2, -0.15) is 0 Å². The van der Waals surface area contributed by atoms with Gasteiger partial charge in [-0.05, 0) is 50.9 Å². The van der Waals surface area contributed by atoms with Gasteiger partial charge in [0.15, 0.2) is 0 Å². The quantitative estimate of drug-likeness (QED) is 0.867. The molecule has 0 bridgehead atoms. The van der Waals surface area contributed by atoms with Crippen LogP contribution < -0.4 is 4.74 Å². The molecule has 0 aromatic heterocycles. The maximum Gasteiger partial charge on any atom is 0.306 e. The molecular formula is C16H23NO3. The summed E-state index contributed by atoms with van der Waals surface area (Å²) in [6.45, 7) is 5.41. The molecule has 0 spiro atoms. The zero-order valence-electron chi connectivity index (χ0n) is 12.0. The van der Waals surface area contributed by atoms with Crippen molar-refractivity contribution in [3.8, 4) is 5.75 Å². The van der Waals surface area contributed by atoms with Crippen molar-refractivity contribution in [3.05, 3.63) is 29.8 Å². The molecule has 1 N–H and O–H groups in total. The molecule has 0 saturated carbocycles. The first-order valence-corrected chi connectivity index (χ1v) is 7.36. The molecule has 0 radical (unpaired) electrons. The smallest absolute Gasteiger partial charge is 0.306 e. The molecule has 20 heavy (non-hydrogen) atoms. The largest absolute Gasteiger partial charge is 0.494 e. The van der Waals surface area contributed by atoms with E-state index in [1.807, 2.05) is 25.1 Å². The number of ether oxygens (including phenoxy) is 1. The van der Waals surface area contributed by atoms with Crippen LogP contribution in [0, 0.1) is 5.92 Å². The van der Waals surface area contributed by atoms with E-state index < -0.39 is 5.97 Å². The summed E-state index contributed by atoms with van der Waals surface area (Å²) in [4.78, 5) is 13.3. The van der Waals surface area contributed by atoms with Crippen LogP contribution in [0.1, 0.15) is 25.3 Å². The van der Waals surface area contributed by atoms with Gasteiger partial charge >= 0.3 is 5.97 Å².